The molecule has 0 spiro atoms. The molecule has 0 aromatic heterocycles. The first-order valence-electron chi connectivity index (χ1n) is 11.7. The lowest BCUT2D eigenvalue weighted by Crippen LogP contribution is -2.39. The van der Waals surface area contributed by atoms with Crippen LogP contribution in [0.5, 0.6) is 0 Å². The quantitative estimate of drug-likeness (QED) is 0.251. The van der Waals surface area contributed by atoms with Crippen molar-refractivity contribution in [3.8, 4) is 0 Å². The fourth-order valence-corrected chi connectivity index (χ4v) is 5.17. The molecular formula is C31H32BrN. The predicted molar refractivity (Wildman–Crippen MR) is 145 cm³/mol. The van der Waals surface area contributed by atoms with Crippen LogP contribution in [0.25, 0.3) is 0 Å². The van der Waals surface area contributed by atoms with E-state index in [1.165, 1.54) is 33.5 Å². The summed E-state index contributed by atoms with van der Waals surface area (Å²) < 4.78 is 1.13. The third kappa shape index (κ3) is 4.63. The fraction of sp³-hybridized carbons (Fsp3) is 0.226. The van der Waals surface area contributed by atoms with E-state index in [1.807, 2.05) is 0 Å². The van der Waals surface area contributed by atoms with Gasteiger partial charge in [0.1, 0.15) is 5.54 Å². The summed E-state index contributed by atoms with van der Waals surface area (Å²) in [7, 11) is 0. The van der Waals surface area contributed by atoms with Crippen molar-refractivity contribution in [3.05, 3.63) is 135 Å². The van der Waals surface area contributed by atoms with Gasteiger partial charge in [0.05, 0.1) is 0 Å². The lowest BCUT2D eigenvalue weighted by atomic mass is 9.76. The highest BCUT2D eigenvalue weighted by molar-refractivity contribution is 9.10. The lowest BCUT2D eigenvalue weighted by molar-refractivity contribution is 0.700. The highest BCUT2D eigenvalue weighted by Gasteiger charge is 2.37. The molecule has 0 unspecified atom stereocenters. The average Bonchev–Trinajstić information content (AvgIpc) is 2.84. The molecule has 0 aliphatic carbocycles. The van der Waals surface area contributed by atoms with Crippen LogP contribution in [0.1, 0.15) is 67.3 Å². The molecule has 168 valence electrons. The van der Waals surface area contributed by atoms with Gasteiger partial charge in [-0.15, -0.1) is 0 Å². The zero-order chi connectivity index (χ0) is 23.4. The Morgan fingerprint density at radius 1 is 0.576 bits per heavy atom. The van der Waals surface area contributed by atoms with Crippen molar-refractivity contribution in [2.75, 3.05) is 5.32 Å². The van der Waals surface area contributed by atoms with Crippen molar-refractivity contribution >= 4 is 21.6 Å². The van der Waals surface area contributed by atoms with Gasteiger partial charge < -0.3 is 5.32 Å². The SMILES string of the molecule is CC(C)c1cc(Br)cc(C(C)C)c1NC(c1ccccc1)(c1ccccc1)c1ccccc1. The summed E-state index contributed by atoms with van der Waals surface area (Å²) in [5.41, 5.74) is 6.98. The van der Waals surface area contributed by atoms with Crippen LogP contribution in [0.3, 0.4) is 0 Å². The molecule has 0 atom stereocenters. The molecule has 33 heavy (non-hydrogen) atoms. The molecule has 0 bridgehead atoms. The highest BCUT2D eigenvalue weighted by Crippen LogP contribution is 2.44. The Morgan fingerprint density at radius 3 is 1.21 bits per heavy atom. The number of benzene rings is 4. The van der Waals surface area contributed by atoms with E-state index in [0.29, 0.717) is 11.8 Å². The topological polar surface area (TPSA) is 12.0 Å². The maximum atomic E-state index is 4.15. The first-order valence-corrected chi connectivity index (χ1v) is 12.5. The first kappa shape index (κ1) is 23.3. The zero-order valence-corrected chi connectivity index (χ0v) is 21.4. The summed E-state index contributed by atoms with van der Waals surface area (Å²) in [4.78, 5) is 0. The van der Waals surface area contributed by atoms with Gasteiger partial charge in [0.2, 0.25) is 0 Å². The van der Waals surface area contributed by atoms with Gasteiger partial charge in [-0.3, -0.25) is 0 Å². The molecule has 0 amide bonds. The average molecular weight is 499 g/mol. The van der Waals surface area contributed by atoms with E-state index in [9.17, 15) is 0 Å². The number of anilines is 1. The molecule has 1 nitrogen and oxygen atoms in total. The van der Waals surface area contributed by atoms with Crippen molar-refractivity contribution in [1.82, 2.24) is 0 Å². The Hall–Kier alpha value is -2.84. The molecule has 0 radical (unpaired) electrons. The third-order valence-electron chi connectivity index (χ3n) is 6.34. The van der Waals surface area contributed by atoms with Crippen LogP contribution in [-0.2, 0) is 5.54 Å². The van der Waals surface area contributed by atoms with Crippen molar-refractivity contribution in [2.45, 2.75) is 45.1 Å². The number of hydrogen-bond acceptors (Lipinski definition) is 1. The molecule has 4 aromatic carbocycles. The summed E-state index contributed by atoms with van der Waals surface area (Å²) in [6.45, 7) is 9.08. The normalized spacial score (nSPS) is 11.7. The largest absolute Gasteiger partial charge is 0.367 e. The molecule has 0 aliphatic heterocycles. The van der Waals surface area contributed by atoms with Crippen molar-refractivity contribution < 1.29 is 0 Å². The maximum Gasteiger partial charge on any atom is 0.114 e. The van der Waals surface area contributed by atoms with Crippen LogP contribution in [0.4, 0.5) is 5.69 Å². The van der Waals surface area contributed by atoms with E-state index in [-0.39, 0.29) is 0 Å². The molecule has 1 N–H and O–H groups in total. The van der Waals surface area contributed by atoms with E-state index in [0.717, 1.165) is 4.47 Å². The molecule has 0 aliphatic rings. The molecule has 0 saturated heterocycles. The van der Waals surface area contributed by atoms with Crippen LogP contribution >= 0.6 is 15.9 Å². The molecule has 0 heterocycles. The number of hydrogen-bond donors (Lipinski definition) is 1. The third-order valence-corrected chi connectivity index (χ3v) is 6.80. The van der Waals surface area contributed by atoms with Crippen LogP contribution in [0, 0.1) is 0 Å². The molecule has 4 rings (SSSR count). The minimum absolute atomic E-state index is 0.377. The second-order valence-electron chi connectivity index (χ2n) is 9.24. The summed E-state index contributed by atoms with van der Waals surface area (Å²) in [5.74, 6) is 0.755. The Labute approximate surface area is 207 Å². The van der Waals surface area contributed by atoms with E-state index >= 15 is 0 Å². The molecule has 4 aromatic rings. The van der Waals surface area contributed by atoms with Gasteiger partial charge in [-0.2, -0.15) is 0 Å². The predicted octanol–water partition coefficient (Wildman–Crippen LogP) is 9.10. The Kier molecular flexibility index (Phi) is 7.05. The van der Waals surface area contributed by atoms with Crippen molar-refractivity contribution in [2.24, 2.45) is 0 Å². The van der Waals surface area contributed by atoms with Gasteiger partial charge in [0.25, 0.3) is 0 Å². The van der Waals surface area contributed by atoms with Gasteiger partial charge in [-0.1, -0.05) is 135 Å². The summed E-state index contributed by atoms with van der Waals surface area (Å²) in [5, 5.41) is 4.15. The van der Waals surface area contributed by atoms with Gasteiger partial charge in [0, 0.05) is 10.2 Å². The number of rotatable bonds is 7. The fourth-order valence-electron chi connectivity index (χ4n) is 4.67. The van der Waals surface area contributed by atoms with Crippen LogP contribution in [0.15, 0.2) is 108 Å². The summed E-state index contributed by atoms with van der Waals surface area (Å²) in [6.07, 6.45) is 0. The van der Waals surface area contributed by atoms with Crippen molar-refractivity contribution in [1.29, 1.82) is 0 Å². The van der Waals surface area contributed by atoms with Crippen LogP contribution in [0.2, 0.25) is 0 Å². The van der Waals surface area contributed by atoms with Gasteiger partial charge >= 0.3 is 0 Å². The maximum absolute atomic E-state index is 4.15. The first-order chi connectivity index (χ1) is 15.9. The number of halogens is 1. The number of nitrogens with one attached hydrogen (secondary N) is 1. The van der Waals surface area contributed by atoms with Gasteiger partial charge in [-0.25, -0.2) is 0 Å². The smallest absolute Gasteiger partial charge is 0.114 e. The van der Waals surface area contributed by atoms with Gasteiger partial charge in [0.15, 0.2) is 0 Å². The minimum Gasteiger partial charge on any atom is -0.367 e. The van der Waals surface area contributed by atoms with E-state index in [4.69, 9.17) is 0 Å². The molecule has 2 heteroatoms. The van der Waals surface area contributed by atoms with Crippen molar-refractivity contribution in [3.63, 3.8) is 0 Å². The molecule has 0 saturated carbocycles. The van der Waals surface area contributed by atoms with Crippen LogP contribution in [-0.4, -0.2) is 0 Å². The van der Waals surface area contributed by atoms with E-state index < -0.39 is 5.54 Å². The Morgan fingerprint density at radius 2 is 0.909 bits per heavy atom. The Balaban J connectivity index is 2.08. The summed E-state index contributed by atoms with van der Waals surface area (Å²) in [6, 6.07) is 37.0. The molecular weight excluding hydrogens is 466 g/mol. The van der Waals surface area contributed by atoms with E-state index in [1.54, 1.807) is 0 Å². The highest BCUT2D eigenvalue weighted by atomic mass is 79.9. The standard InChI is InChI=1S/C31H32BrN/c1-22(2)28-20-27(32)21-29(23(3)4)30(28)33-31(24-14-8-5-9-15-24,25-16-10-6-11-17-25)26-18-12-7-13-19-26/h5-23,33H,1-4H3. The van der Waals surface area contributed by atoms with Crippen LogP contribution < -0.4 is 5.32 Å². The molecule has 0 fully saturated rings. The monoisotopic (exact) mass is 497 g/mol. The second kappa shape index (κ2) is 9.97. The Bertz CT molecular complexity index is 1060. The minimum atomic E-state index is -0.537. The lowest BCUT2D eigenvalue weighted by Gasteiger charge is -2.40. The second-order valence-corrected chi connectivity index (χ2v) is 10.2. The van der Waals surface area contributed by atoms with Gasteiger partial charge in [-0.05, 0) is 51.8 Å². The summed E-state index contributed by atoms with van der Waals surface area (Å²) >= 11 is 3.77. The zero-order valence-electron chi connectivity index (χ0n) is 19.8. The van der Waals surface area contributed by atoms with E-state index in [2.05, 4.69) is 152 Å².